The van der Waals surface area contributed by atoms with Crippen LogP contribution < -0.4 is 10.5 Å². The highest BCUT2D eigenvalue weighted by atomic mass is 35.5. The van der Waals surface area contributed by atoms with Gasteiger partial charge in [-0.05, 0) is 41.4 Å². The summed E-state index contributed by atoms with van der Waals surface area (Å²) in [7, 11) is 1.62. The van der Waals surface area contributed by atoms with Gasteiger partial charge < -0.3 is 14.9 Å². The van der Waals surface area contributed by atoms with Crippen LogP contribution >= 0.6 is 11.6 Å². The molecule has 0 spiro atoms. The van der Waals surface area contributed by atoms with E-state index in [0.29, 0.717) is 11.0 Å². The second-order valence-corrected chi connectivity index (χ2v) is 3.77. The minimum atomic E-state index is -0.331. The topological polar surface area (TPSA) is 48.4 Å². The van der Waals surface area contributed by atoms with Crippen molar-refractivity contribution in [2.24, 2.45) is 5.73 Å². The van der Waals surface area contributed by atoms with E-state index in [1.165, 1.54) is 0 Å². The van der Waals surface area contributed by atoms with Crippen molar-refractivity contribution in [1.29, 1.82) is 0 Å². The highest BCUT2D eigenvalue weighted by Crippen LogP contribution is 2.25. The predicted molar refractivity (Wildman–Crippen MR) is 62.7 cm³/mol. The van der Waals surface area contributed by atoms with E-state index in [1.807, 2.05) is 24.3 Å². The highest BCUT2D eigenvalue weighted by molar-refractivity contribution is 6.28. The Hall–Kier alpha value is -1.45. The number of halogens is 1. The van der Waals surface area contributed by atoms with Crippen molar-refractivity contribution in [3.05, 3.63) is 52.9 Å². The summed E-state index contributed by atoms with van der Waals surface area (Å²) in [6.45, 7) is 0. The Bertz CT molecular complexity index is 481. The molecule has 2 rings (SSSR count). The van der Waals surface area contributed by atoms with Gasteiger partial charge in [0.2, 0.25) is 0 Å². The summed E-state index contributed by atoms with van der Waals surface area (Å²) < 4.78 is 10.4. The Kier molecular flexibility index (Phi) is 3.17. The molecule has 4 heteroatoms. The van der Waals surface area contributed by atoms with Gasteiger partial charge in [-0.2, -0.15) is 0 Å². The number of furan rings is 1. The quantitative estimate of drug-likeness (QED) is 0.893. The molecule has 0 aliphatic rings. The third-order valence-corrected chi connectivity index (χ3v) is 2.56. The molecule has 2 N–H and O–H groups in total. The molecule has 0 bridgehead atoms. The molecule has 0 saturated heterocycles. The standard InChI is InChI=1S/C12H12ClNO2/c1-15-9-4-2-3-8(7-9)12(14)10-5-6-11(13)16-10/h2-7,12H,14H2,1H3. The second-order valence-electron chi connectivity index (χ2n) is 3.40. The molecule has 0 radical (unpaired) electrons. The van der Waals surface area contributed by atoms with Crippen molar-refractivity contribution in [3.63, 3.8) is 0 Å². The summed E-state index contributed by atoms with van der Waals surface area (Å²) in [4.78, 5) is 0. The number of hydrogen-bond donors (Lipinski definition) is 1. The maximum Gasteiger partial charge on any atom is 0.193 e. The van der Waals surface area contributed by atoms with Gasteiger partial charge in [-0.25, -0.2) is 0 Å². The lowest BCUT2D eigenvalue weighted by molar-refractivity contribution is 0.413. The maximum atomic E-state index is 6.05. The van der Waals surface area contributed by atoms with Gasteiger partial charge in [0.1, 0.15) is 11.5 Å². The molecule has 0 saturated carbocycles. The van der Waals surface area contributed by atoms with Gasteiger partial charge in [0.25, 0.3) is 0 Å². The molecule has 16 heavy (non-hydrogen) atoms. The molecule has 0 amide bonds. The number of benzene rings is 1. The van der Waals surface area contributed by atoms with Gasteiger partial charge in [0.05, 0.1) is 13.2 Å². The van der Waals surface area contributed by atoms with Gasteiger partial charge in [-0.3, -0.25) is 0 Å². The van der Waals surface area contributed by atoms with E-state index in [0.717, 1.165) is 11.3 Å². The fraction of sp³-hybridized carbons (Fsp3) is 0.167. The van der Waals surface area contributed by atoms with E-state index in [-0.39, 0.29) is 6.04 Å². The average Bonchev–Trinajstić information content (AvgIpc) is 2.75. The van der Waals surface area contributed by atoms with Crippen LogP contribution in [0.1, 0.15) is 17.4 Å². The number of nitrogens with two attached hydrogens (primary N) is 1. The first kappa shape index (κ1) is 11.0. The molecule has 1 aromatic carbocycles. The lowest BCUT2D eigenvalue weighted by atomic mass is 10.1. The zero-order chi connectivity index (χ0) is 11.5. The van der Waals surface area contributed by atoms with Crippen LogP contribution in [0.3, 0.4) is 0 Å². The summed E-state index contributed by atoms with van der Waals surface area (Å²) in [6, 6.07) is 10.7. The second kappa shape index (κ2) is 4.60. The fourth-order valence-corrected chi connectivity index (χ4v) is 1.65. The molecule has 3 nitrogen and oxygen atoms in total. The van der Waals surface area contributed by atoms with Gasteiger partial charge in [0, 0.05) is 0 Å². The van der Waals surface area contributed by atoms with Crippen molar-refractivity contribution < 1.29 is 9.15 Å². The molecule has 0 aliphatic heterocycles. The van der Waals surface area contributed by atoms with Crippen molar-refractivity contribution in [1.82, 2.24) is 0 Å². The Labute approximate surface area is 98.8 Å². The van der Waals surface area contributed by atoms with E-state index >= 15 is 0 Å². The van der Waals surface area contributed by atoms with Gasteiger partial charge in [-0.1, -0.05) is 12.1 Å². The van der Waals surface area contributed by atoms with Crippen LogP contribution in [0.4, 0.5) is 0 Å². The molecule has 0 aliphatic carbocycles. The van der Waals surface area contributed by atoms with Crippen molar-refractivity contribution in [2.75, 3.05) is 7.11 Å². The number of hydrogen-bond acceptors (Lipinski definition) is 3. The first-order valence-corrected chi connectivity index (χ1v) is 5.23. The molecule has 1 atom stereocenters. The SMILES string of the molecule is COc1cccc(C(N)c2ccc(Cl)o2)c1. The van der Waals surface area contributed by atoms with E-state index < -0.39 is 0 Å². The Morgan fingerprint density at radius 2 is 2.12 bits per heavy atom. The molecular weight excluding hydrogens is 226 g/mol. The summed E-state index contributed by atoms with van der Waals surface area (Å²) in [5.74, 6) is 1.41. The summed E-state index contributed by atoms with van der Waals surface area (Å²) >= 11 is 5.70. The summed E-state index contributed by atoms with van der Waals surface area (Å²) in [5, 5.41) is 0.341. The maximum absolute atomic E-state index is 6.05. The van der Waals surface area contributed by atoms with Crippen LogP contribution in [-0.2, 0) is 0 Å². The predicted octanol–water partition coefficient (Wildman–Crippen LogP) is 2.99. The van der Waals surface area contributed by atoms with Crippen LogP contribution in [0.5, 0.6) is 5.75 Å². The normalized spacial score (nSPS) is 12.4. The van der Waals surface area contributed by atoms with Crippen LogP contribution in [0.15, 0.2) is 40.8 Å². The van der Waals surface area contributed by atoms with E-state index in [9.17, 15) is 0 Å². The molecule has 84 valence electrons. The van der Waals surface area contributed by atoms with Gasteiger partial charge in [-0.15, -0.1) is 0 Å². The number of ether oxygens (including phenoxy) is 1. The summed E-state index contributed by atoms with van der Waals surface area (Å²) in [6.07, 6.45) is 0. The van der Waals surface area contributed by atoms with Crippen molar-refractivity contribution in [3.8, 4) is 5.75 Å². The van der Waals surface area contributed by atoms with Crippen LogP contribution in [0.25, 0.3) is 0 Å². The number of methoxy groups -OCH3 is 1. The lowest BCUT2D eigenvalue weighted by Crippen LogP contribution is -2.10. The highest BCUT2D eigenvalue weighted by Gasteiger charge is 2.13. The van der Waals surface area contributed by atoms with Gasteiger partial charge in [0.15, 0.2) is 5.22 Å². The Morgan fingerprint density at radius 3 is 2.75 bits per heavy atom. The van der Waals surface area contributed by atoms with E-state index in [2.05, 4.69) is 0 Å². The third kappa shape index (κ3) is 2.21. The lowest BCUT2D eigenvalue weighted by Gasteiger charge is -2.10. The zero-order valence-corrected chi connectivity index (χ0v) is 9.57. The molecule has 1 aromatic heterocycles. The smallest absolute Gasteiger partial charge is 0.193 e. The zero-order valence-electron chi connectivity index (χ0n) is 8.81. The Morgan fingerprint density at radius 1 is 1.31 bits per heavy atom. The molecule has 2 aromatic rings. The number of rotatable bonds is 3. The fourth-order valence-electron chi connectivity index (χ4n) is 1.49. The molecule has 1 heterocycles. The van der Waals surface area contributed by atoms with Crippen molar-refractivity contribution >= 4 is 11.6 Å². The van der Waals surface area contributed by atoms with Crippen molar-refractivity contribution in [2.45, 2.75) is 6.04 Å². The van der Waals surface area contributed by atoms with E-state index in [1.54, 1.807) is 19.2 Å². The third-order valence-electron chi connectivity index (χ3n) is 2.35. The minimum absolute atomic E-state index is 0.331. The van der Waals surface area contributed by atoms with Crippen LogP contribution in [0.2, 0.25) is 5.22 Å². The van der Waals surface area contributed by atoms with E-state index in [4.69, 9.17) is 26.5 Å². The first-order valence-electron chi connectivity index (χ1n) is 4.85. The minimum Gasteiger partial charge on any atom is -0.497 e. The average molecular weight is 238 g/mol. The molecule has 0 fully saturated rings. The molecule has 1 unspecified atom stereocenters. The van der Waals surface area contributed by atoms with Gasteiger partial charge >= 0.3 is 0 Å². The van der Waals surface area contributed by atoms with Crippen LogP contribution in [0, 0.1) is 0 Å². The largest absolute Gasteiger partial charge is 0.497 e. The Balaban J connectivity index is 2.29. The first-order chi connectivity index (χ1) is 7.70. The summed E-state index contributed by atoms with van der Waals surface area (Å²) in [5.41, 5.74) is 6.97. The molecular formula is C12H12ClNO2. The monoisotopic (exact) mass is 237 g/mol. The van der Waals surface area contributed by atoms with Crippen LogP contribution in [-0.4, -0.2) is 7.11 Å².